The zero-order valence-electron chi connectivity index (χ0n) is 23.9. The molecule has 4 N–H and O–H groups in total. The summed E-state index contributed by atoms with van der Waals surface area (Å²) in [5.74, 6) is -0.499. The van der Waals surface area contributed by atoms with Crippen molar-refractivity contribution in [1.82, 2.24) is 10.2 Å². The van der Waals surface area contributed by atoms with Crippen molar-refractivity contribution in [2.45, 2.75) is 19.8 Å². The zero-order valence-corrected chi connectivity index (χ0v) is 23.9. The molecular weight excluding hydrogens is 532 g/mol. The Labute approximate surface area is 245 Å². The van der Waals surface area contributed by atoms with Crippen molar-refractivity contribution in [1.29, 1.82) is 0 Å². The Balaban J connectivity index is 1.34. The minimum Gasteiger partial charge on any atom is -0.465 e. The Bertz CT molecular complexity index is 1490. The number of aliphatic hydroxyl groups is 1. The predicted octanol–water partition coefficient (Wildman–Crippen LogP) is 4.15. The molecular formula is C33H36N4O5. The van der Waals surface area contributed by atoms with Crippen LogP contribution in [0.4, 0.5) is 11.4 Å². The quantitative estimate of drug-likeness (QED) is 0.226. The van der Waals surface area contributed by atoms with Crippen molar-refractivity contribution in [2.24, 2.45) is 5.92 Å². The number of benzene rings is 3. The molecule has 0 aromatic heterocycles. The molecule has 0 aliphatic carbocycles. The number of esters is 1. The zero-order chi connectivity index (χ0) is 29.6. The fraction of sp³-hybridized carbons (Fsp3) is 0.303. The van der Waals surface area contributed by atoms with Gasteiger partial charge in [-0.2, -0.15) is 0 Å². The summed E-state index contributed by atoms with van der Waals surface area (Å²) in [6.07, 6.45) is 1.98. The summed E-state index contributed by atoms with van der Waals surface area (Å²) in [7, 11) is 1.33. The van der Waals surface area contributed by atoms with Gasteiger partial charge in [-0.05, 0) is 86.3 Å². The number of fused-ring (bicyclic) bond motifs is 1. The summed E-state index contributed by atoms with van der Waals surface area (Å²) < 4.78 is 4.90. The van der Waals surface area contributed by atoms with Crippen molar-refractivity contribution in [3.63, 3.8) is 0 Å². The Morgan fingerprint density at radius 1 is 1.02 bits per heavy atom. The molecule has 0 saturated carbocycles. The lowest BCUT2D eigenvalue weighted by molar-refractivity contribution is -0.110. The van der Waals surface area contributed by atoms with Gasteiger partial charge in [0.2, 0.25) is 0 Å². The number of nitrogens with one attached hydrogen (secondary N) is 3. The maximum atomic E-state index is 13.3. The summed E-state index contributed by atoms with van der Waals surface area (Å²) in [4.78, 5) is 40.6. The number of methoxy groups -OCH3 is 1. The van der Waals surface area contributed by atoms with Crippen molar-refractivity contribution < 1.29 is 24.2 Å². The Morgan fingerprint density at radius 2 is 1.74 bits per heavy atom. The summed E-state index contributed by atoms with van der Waals surface area (Å²) in [5.41, 5.74) is 5.47. The number of rotatable bonds is 9. The van der Waals surface area contributed by atoms with E-state index in [1.165, 1.54) is 7.11 Å². The van der Waals surface area contributed by atoms with Gasteiger partial charge in [-0.1, -0.05) is 30.3 Å². The number of amides is 2. The monoisotopic (exact) mass is 568 g/mol. The second-order valence-electron chi connectivity index (χ2n) is 10.7. The fourth-order valence-corrected chi connectivity index (χ4v) is 5.46. The predicted molar refractivity (Wildman–Crippen MR) is 163 cm³/mol. The van der Waals surface area contributed by atoms with Crippen molar-refractivity contribution in [2.75, 3.05) is 50.5 Å². The number of likely N-dealkylation sites (tertiary alicyclic amines) is 1. The van der Waals surface area contributed by atoms with Gasteiger partial charge in [0.1, 0.15) is 0 Å². The van der Waals surface area contributed by atoms with Crippen molar-refractivity contribution >= 4 is 40.4 Å². The molecule has 0 unspecified atom stereocenters. The van der Waals surface area contributed by atoms with Crippen LogP contribution in [0.5, 0.6) is 0 Å². The third-order valence-corrected chi connectivity index (χ3v) is 7.92. The molecule has 0 bridgehead atoms. The van der Waals surface area contributed by atoms with E-state index in [9.17, 15) is 19.5 Å². The number of piperidine rings is 1. The van der Waals surface area contributed by atoms with E-state index in [0.29, 0.717) is 57.4 Å². The van der Waals surface area contributed by atoms with E-state index in [1.54, 1.807) is 18.2 Å². The fourth-order valence-electron chi connectivity index (χ4n) is 5.46. The average Bonchev–Trinajstić information content (AvgIpc) is 3.34. The highest BCUT2D eigenvalue weighted by Crippen LogP contribution is 2.39. The molecule has 3 aromatic carbocycles. The van der Waals surface area contributed by atoms with Crippen LogP contribution in [0.15, 0.2) is 66.7 Å². The molecule has 9 heteroatoms. The smallest absolute Gasteiger partial charge is 0.338 e. The van der Waals surface area contributed by atoms with Crippen LogP contribution in [0.1, 0.15) is 50.2 Å². The maximum absolute atomic E-state index is 13.3. The largest absolute Gasteiger partial charge is 0.465 e. The van der Waals surface area contributed by atoms with Crippen molar-refractivity contribution in [3.8, 4) is 0 Å². The van der Waals surface area contributed by atoms with Gasteiger partial charge in [-0.15, -0.1) is 0 Å². The molecule has 2 aliphatic rings. The summed E-state index contributed by atoms with van der Waals surface area (Å²) in [6, 6.07) is 20.2. The van der Waals surface area contributed by atoms with E-state index in [0.717, 1.165) is 38.0 Å². The number of aryl methyl sites for hydroxylation is 1. The van der Waals surface area contributed by atoms with Gasteiger partial charge in [0.15, 0.2) is 0 Å². The third kappa shape index (κ3) is 6.37. The normalized spacial score (nSPS) is 16.4. The van der Waals surface area contributed by atoms with Gasteiger partial charge < -0.3 is 30.7 Å². The minimum absolute atomic E-state index is 0.144. The van der Waals surface area contributed by atoms with Crippen LogP contribution >= 0.6 is 0 Å². The summed E-state index contributed by atoms with van der Waals surface area (Å²) in [5, 5.41) is 18.6. The minimum atomic E-state index is -0.463. The molecule has 0 spiro atoms. The second-order valence-corrected chi connectivity index (χ2v) is 10.7. The van der Waals surface area contributed by atoms with Crippen LogP contribution in [0.3, 0.4) is 0 Å². The Kier molecular flexibility index (Phi) is 9.00. The van der Waals surface area contributed by atoms with Crippen LogP contribution in [0.2, 0.25) is 0 Å². The lowest BCUT2D eigenvalue weighted by Gasteiger charge is -2.30. The van der Waals surface area contributed by atoms with Gasteiger partial charge in [0.25, 0.3) is 11.8 Å². The number of nitrogens with zero attached hydrogens (tertiary/aromatic N) is 1. The highest BCUT2D eigenvalue weighted by molar-refractivity contribution is 6.37. The first-order valence-corrected chi connectivity index (χ1v) is 14.2. The number of anilines is 2. The average molecular weight is 569 g/mol. The molecule has 1 fully saturated rings. The number of hydrogen-bond acceptors (Lipinski definition) is 7. The number of aliphatic hydroxyl groups excluding tert-OH is 1. The first-order chi connectivity index (χ1) is 20.4. The number of carbonyl (C=O) groups is 3. The van der Waals surface area contributed by atoms with E-state index < -0.39 is 5.97 Å². The van der Waals surface area contributed by atoms with E-state index in [4.69, 9.17) is 4.74 Å². The van der Waals surface area contributed by atoms with Crippen LogP contribution in [-0.2, 0) is 9.53 Å². The first-order valence-electron chi connectivity index (χ1n) is 14.2. The third-order valence-electron chi connectivity index (χ3n) is 7.92. The standard InChI is InChI=1S/C33H36N4O5/c1-21-18-27-28(19-26(21)33(41)42-2)36-32(40)29(27)30(23-6-4-3-5-7-23)35-25-10-8-24(9-11-25)31(39)34-14-17-37-15-12-22(20-38)13-16-37/h3-11,18-19,22,35,38H,12-17,20H2,1-2H3,(H,34,39)(H,36,40)/b30-29-. The van der Waals surface area contributed by atoms with E-state index >= 15 is 0 Å². The molecule has 0 atom stereocenters. The first kappa shape index (κ1) is 29.0. The molecule has 42 heavy (non-hydrogen) atoms. The Morgan fingerprint density at radius 3 is 2.40 bits per heavy atom. The maximum Gasteiger partial charge on any atom is 0.338 e. The number of ether oxygens (including phenoxy) is 1. The molecule has 9 nitrogen and oxygen atoms in total. The van der Waals surface area contributed by atoms with Gasteiger partial charge in [-0.25, -0.2) is 4.79 Å². The van der Waals surface area contributed by atoms with E-state index in [1.807, 2.05) is 55.5 Å². The molecule has 5 rings (SSSR count). The number of hydrogen-bond donors (Lipinski definition) is 4. The molecule has 2 amide bonds. The molecule has 3 aromatic rings. The highest BCUT2D eigenvalue weighted by atomic mass is 16.5. The summed E-state index contributed by atoms with van der Waals surface area (Å²) in [6.45, 7) is 5.27. The van der Waals surface area contributed by atoms with Gasteiger partial charge in [0, 0.05) is 36.5 Å². The second kappa shape index (κ2) is 13.0. The topological polar surface area (TPSA) is 120 Å². The van der Waals surface area contributed by atoms with Gasteiger partial charge in [0.05, 0.1) is 29.6 Å². The van der Waals surface area contributed by atoms with Crippen molar-refractivity contribution in [3.05, 3.63) is 94.5 Å². The van der Waals surface area contributed by atoms with Crippen LogP contribution < -0.4 is 16.0 Å². The lowest BCUT2D eigenvalue weighted by atomic mass is 9.96. The van der Waals surface area contributed by atoms with Crippen LogP contribution in [0.25, 0.3) is 11.3 Å². The molecule has 2 heterocycles. The van der Waals surface area contributed by atoms with E-state index in [2.05, 4.69) is 20.9 Å². The Hall–Kier alpha value is -4.47. The SMILES string of the molecule is COC(=O)c1cc2c(cc1C)/C(=C(/Nc1ccc(C(=O)NCCN3CCC(CO)CC3)cc1)c1ccccc1)C(=O)N2. The lowest BCUT2D eigenvalue weighted by Crippen LogP contribution is -2.40. The van der Waals surface area contributed by atoms with E-state index in [-0.39, 0.29) is 18.4 Å². The molecule has 218 valence electrons. The number of carbonyl (C=O) groups excluding carboxylic acids is 3. The summed E-state index contributed by atoms with van der Waals surface area (Å²) >= 11 is 0. The highest BCUT2D eigenvalue weighted by Gasteiger charge is 2.30. The van der Waals surface area contributed by atoms with Crippen LogP contribution in [-0.4, -0.2) is 67.7 Å². The molecule has 2 aliphatic heterocycles. The van der Waals surface area contributed by atoms with Gasteiger partial charge >= 0.3 is 5.97 Å². The molecule has 0 radical (unpaired) electrons. The molecule has 1 saturated heterocycles. The van der Waals surface area contributed by atoms with Crippen LogP contribution in [0, 0.1) is 12.8 Å². The van der Waals surface area contributed by atoms with Gasteiger partial charge in [-0.3, -0.25) is 9.59 Å².